The van der Waals surface area contributed by atoms with Crippen molar-refractivity contribution in [1.29, 1.82) is 0 Å². The lowest BCUT2D eigenvalue weighted by atomic mass is 10.2. The van der Waals surface area contributed by atoms with Crippen LogP contribution in [0.5, 0.6) is 0 Å². The summed E-state index contributed by atoms with van der Waals surface area (Å²) in [4.78, 5) is 16.1. The Labute approximate surface area is 113 Å². The molecule has 0 aliphatic heterocycles. The lowest BCUT2D eigenvalue weighted by Gasteiger charge is -2.11. The van der Waals surface area contributed by atoms with Crippen molar-refractivity contribution in [1.82, 2.24) is 4.98 Å². The third-order valence-electron chi connectivity index (χ3n) is 3.13. The highest BCUT2D eigenvalue weighted by atomic mass is 32.2. The van der Waals surface area contributed by atoms with Crippen LogP contribution in [0.2, 0.25) is 0 Å². The monoisotopic (exact) mass is 282 g/mol. The summed E-state index contributed by atoms with van der Waals surface area (Å²) < 4.78 is 23.4. The van der Waals surface area contributed by atoms with Gasteiger partial charge in [0.2, 0.25) is 5.91 Å². The molecule has 0 bridgehead atoms. The smallest absolute Gasteiger partial charge is 0.239 e. The van der Waals surface area contributed by atoms with Crippen LogP contribution in [0.25, 0.3) is 0 Å². The van der Waals surface area contributed by atoms with E-state index in [1.165, 1.54) is 0 Å². The minimum Gasteiger partial charge on any atom is -0.324 e. The topological polar surface area (TPSA) is 76.1 Å². The van der Waals surface area contributed by atoms with Crippen LogP contribution in [0.15, 0.2) is 18.3 Å². The number of rotatable bonds is 5. The van der Waals surface area contributed by atoms with Crippen molar-refractivity contribution in [2.75, 3.05) is 11.1 Å². The molecule has 19 heavy (non-hydrogen) atoms. The van der Waals surface area contributed by atoms with Gasteiger partial charge in [0.15, 0.2) is 9.84 Å². The Kier molecular flexibility index (Phi) is 3.89. The van der Waals surface area contributed by atoms with E-state index in [4.69, 9.17) is 0 Å². The second kappa shape index (κ2) is 5.28. The molecule has 0 saturated heterocycles. The van der Waals surface area contributed by atoms with E-state index in [1.807, 2.05) is 0 Å². The van der Waals surface area contributed by atoms with Crippen molar-refractivity contribution in [2.45, 2.75) is 37.9 Å². The number of hydrogen-bond acceptors (Lipinski definition) is 4. The van der Waals surface area contributed by atoms with Gasteiger partial charge in [0.05, 0.1) is 16.6 Å². The third kappa shape index (κ3) is 3.53. The first-order valence-electron chi connectivity index (χ1n) is 6.36. The maximum Gasteiger partial charge on any atom is 0.239 e. The number of sulfone groups is 1. The molecular formula is C13H18N2O3S. The van der Waals surface area contributed by atoms with E-state index in [0.29, 0.717) is 11.6 Å². The van der Waals surface area contributed by atoms with Crippen LogP contribution in [0, 0.1) is 0 Å². The molecule has 0 spiro atoms. The van der Waals surface area contributed by atoms with E-state index in [1.54, 1.807) is 32.2 Å². The maximum atomic E-state index is 11.8. The molecule has 1 fully saturated rings. The number of nitrogens with zero attached hydrogens (tertiary/aromatic N) is 1. The Morgan fingerprint density at radius 1 is 1.47 bits per heavy atom. The first kappa shape index (κ1) is 14.0. The van der Waals surface area contributed by atoms with Crippen molar-refractivity contribution in [2.24, 2.45) is 0 Å². The number of carbonyl (C=O) groups excluding carboxylic acids is 1. The molecule has 0 unspecified atom stereocenters. The summed E-state index contributed by atoms with van der Waals surface area (Å²) in [5.41, 5.74) is 1.49. The highest BCUT2D eigenvalue weighted by Crippen LogP contribution is 2.41. The minimum atomic E-state index is -3.37. The Balaban J connectivity index is 2.07. The van der Waals surface area contributed by atoms with Crippen LogP contribution in [-0.2, 0) is 14.6 Å². The van der Waals surface area contributed by atoms with Gasteiger partial charge in [-0.2, -0.15) is 0 Å². The summed E-state index contributed by atoms with van der Waals surface area (Å²) in [6.07, 6.45) is 3.84. The first-order chi connectivity index (χ1) is 8.90. The maximum absolute atomic E-state index is 11.8. The number of anilines is 1. The Hall–Kier alpha value is -1.43. The van der Waals surface area contributed by atoms with Crippen LogP contribution in [0.3, 0.4) is 0 Å². The van der Waals surface area contributed by atoms with E-state index in [-0.39, 0.29) is 0 Å². The van der Waals surface area contributed by atoms with E-state index < -0.39 is 26.7 Å². The predicted octanol–water partition coefficient (Wildman–Crippen LogP) is 1.72. The molecule has 1 aliphatic rings. The van der Waals surface area contributed by atoms with Gasteiger partial charge in [-0.15, -0.1) is 0 Å². The standard InChI is InChI=1S/C13H18N2O3S/c1-9(2)19(17,18)8-12(16)15-11-4-3-7-14-13(11)10-5-6-10/h3-4,7,9-10H,5-6,8H2,1-2H3,(H,15,16). The number of hydrogen-bond donors (Lipinski definition) is 1. The van der Waals surface area contributed by atoms with Gasteiger partial charge >= 0.3 is 0 Å². The Morgan fingerprint density at radius 2 is 2.16 bits per heavy atom. The van der Waals surface area contributed by atoms with E-state index >= 15 is 0 Å². The molecule has 0 radical (unpaired) electrons. The molecule has 6 heteroatoms. The molecule has 0 aromatic carbocycles. The SMILES string of the molecule is CC(C)S(=O)(=O)CC(=O)Nc1cccnc1C1CC1. The molecule has 1 aliphatic carbocycles. The largest absolute Gasteiger partial charge is 0.324 e. The Bertz CT molecular complexity index is 577. The molecule has 104 valence electrons. The van der Waals surface area contributed by atoms with Gasteiger partial charge < -0.3 is 5.32 Å². The highest BCUT2D eigenvalue weighted by molar-refractivity contribution is 7.92. The first-order valence-corrected chi connectivity index (χ1v) is 8.08. The van der Waals surface area contributed by atoms with Crippen molar-refractivity contribution in [3.05, 3.63) is 24.0 Å². The summed E-state index contributed by atoms with van der Waals surface area (Å²) in [5.74, 6) is -0.578. The van der Waals surface area contributed by atoms with Crippen molar-refractivity contribution in [3.63, 3.8) is 0 Å². The Morgan fingerprint density at radius 3 is 2.74 bits per heavy atom. The molecule has 2 rings (SSSR count). The zero-order chi connectivity index (χ0) is 14.0. The predicted molar refractivity (Wildman–Crippen MR) is 73.8 cm³/mol. The second-order valence-corrected chi connectivity index (χ2v) is 7.67. The molecule has 1 amide bonds. The fourth-order valence-electron chi connectivity index (χ4n) is 1.74. The van der Waals surface area contributed by atoms with E-state index in [9.17, 15) is 13.2 Å². The van der Waals surface area contributed by atoms with Crippen LogP contribution < -0.4 is 5.32 Å². The summed E-state index contributed by atoms with van der Waals surface area (Å²) in [6, 6.07) is 3.50. The molecule has 1 N–H and O–H groups in total. The fraction of sp³-hybridized carbons (Fsp3) is 0.538. The molecule has 1 heterocycles. The summed E-state index contributed by atoms with van der Waals surface area (Å²) in [5, 5.41) is 2.12. The average molecular weight is 282 g/mol. The summed E-state index contributed by atoms with van der Waals surface area (Å²) in [6.45, 7) is 3.14. The molecule has 1 aromatic rings. The molecule has 0 atom stereocenters. The van der Waals surface area contributed by atoms with Gasteiger partial charge in [0.1, 0.15) is 5.75 Å². The molecular weight excluding hydrogens is 264 g/mol. The number of nitrogens with one attached hydrogen (secondary N) is 1. The van der Waals surface area contributed by atoms with Gasteiger partial charge in [-0.25, -0.2) is 8.42 Å². The van der Waals surface area contributed by atoms with Crippen molar-refractivity contribution in [3.8, 4) is 0 Å². The second-order valence-electron chi connectivity index (χ2n) is 5.11. The lowest BCUT2D eigenvalue weighted by Crippen LogP contribution is -2.28. The van der Waals surface area contributed by atoms with E-state index in [0.717, 1.165) is 18.5 Å². The normalized spacial score (nSPS) is 15.5. The average Bonchev–Trinajstić information content (AvgIpc) is 3.12. The van der Waals surface area contributed by atoms with Gasteiger partial charge in [-0.1, -0.05) is 0 Å². The number of carbonyl (C=O) groups is 1. The van der Waals surface area contributed by atoms with Gasteiger partial charge in [0, 0.05) is 12.1 Å². The number of aromatic nitrogens is 1. The number of amides is 1. The van der Waals surface area contributed by atoms with Crippen LogP contribution in [0.4, 0.5) is 5.69 Å². The van der Waals surface area contributed by atoms with Crippen molar-refractivity contribution >= 4 is 21.4 Å². The van der Waals surface area contributed by atoms with Crippen LogP contribution in [0.1, 0.15) is 38.3 Å². The van der Waals surface area contributed by atoms with Crippen LogP contribution >= 0.6 is 0 Å². The minimum absolute atomic E-state index is 0.401. The fourth-order valence-corrected chi connectivity index (χ4v) is 2.51. The molecule has 1 aromatic heterocycles. The highest BCUT2D eigenvalue weighted by Gasteiger charge is 2.28. The summed E-state index contributed by atoms with van der Waals surface area (Å²) in [7, 11) is -3.37. The van der Waals surface area contributed by atoms with Gasteiger partial charge in [0.25, 0.3) is 0 Å². The molecule has 1 saturated carbocycles. The number of pyridine rings is 1. The zero-order valence-electron chi connectivity index (χ0n) is 11.1. The lowest BCUT2D eigenvalue weighted by molar-refractivity contribution is -0.113. The van der Waals surface area contributed by atoms with E-state index in [2.05, 4.69) is 10.3 Å². The van der Waals surface area contributed by atoms with Crippen molar-refractivity contribution < 1.29 is 13.2 Å². The summed E-state index contributed by atoms with van der Waals surface area (Å²) >= 11 is 0. The van der Waals surface area contributed by atoms with Gasteiger partial charge in [-0.3, -0.25) is 9.78 Å². The van der Waals surface area contributed by atoms with Crippen LogP contribution in [-0.4, -0.2) is 30.3 Å². The quantitative estimate of drug-likeness (QED) is 0.892. The van der Waals surface area contributed by atoms with Gasteiger partial charge in [-0.05, 0) is 38.8 Å². The third-order valence-corrected chi connectivity index (χ3v) is 5.23. The zero-order valence-corrected chi connectivity index (χ0v) is 11.9. The molecule has 5 nitrogen and oxygen atoms in total.